The van der Waals surface area contributed by atoms with Crippen molar-refractivity contribution in [3.8, 4) is 0 Å². The van der Waals surface area contributed by atoms with Crippen LogP contribution in [0.25, 0.3) is 0 Å². The van der Waals surface area contributed by atoms with Gasteiger partial charge < -0.3 is 15.3 Å². The fourth-order valence-corrected chi connectivity index (χ4v) is 1.76. The van der Waals surface area contributed by atoms with Gasteiger partial charge in [0.1, 0.15) is 0 Å². The summed E-state index contributed by atoms with van der Waals surface area (Å²) in [5, 5.41) is 29.1. The van der Waals surface area contributed by atoms with E-state index in [9.17, 15) is 9.90 Å². The van der Waals surface area contributed by atoms with Gasteiger partial charge in [-0.3, -0.25) is 14.7 Å². The normalized spacial score (nSPS) is 11.9. The van der Waals surface area contributed by atoms with Gasteiger partial charge in [-0.25, -0.2) is 0 Å². The molecular formula is C15H27LiN2O4. The van der Waals surface area contributed by atoms with E-state index in [4.69, 9.17) is 10.2 Å². The minimum Gasteiger partial charge on any atom is -0.862 e. The first-order valence-corrected chi connectivity index (χ1v) is 7.46. The van der Waals surface area contributed by atoms with E-state index in [1.807, 2.05) is 13.0 Å². The van der Waals surface area contributed by atoms with Crippen LogP contribution < -0.4 is 24.0 Å². The summed E-state index contributed by atoms with van der Waals surface area (Å²) in [7, 11) is 0. The van der Waals surface area contributed by atoms with E-state index in [-0.39, 0.29) is 44.5 Å². The molecule has 0 saturated heterocycles. The largest absolute Gasteiger partial charge is 1.00 e. The van der Waals surface area contributed by atoms with Gasteiger partial charge >= 0.3 is 24.8 Å². The summed E-state index contributed by atoms with van der Waals surface area (Å²) in [6, 6.07) is 0. The molecule has 0 aromatic carbocycles. The van der Waals surface area contributed by atoms with Crippen molar-refractivity contribution >= 4 is 11.9 Å². The van der Waals surface area contributed by atoms with Gasteiger partial charge in [-0.1, -0.05) is 12.2 Å². The van der Waals surface area contributed by atoms with Gasteiger partial charge in [0.2, 0.25) is 0 Å². The van der Waals surface area contributed by atoms with Crippen LogP contribution >= 0.6 is 0 Å². The van der Waals surface area contributed by atoms with E-state index in [2.05, 4.69) is 11.1 Å². The van der Waals surface area contributed by atoms with E-state index in [0.29, 0.717) is 25.9 Å². The predicted octanol–water partition coefficient (Wildman–Crippen LogP) is -2.00. The molecule has 0 unspecified atom stereocenters. The van der Waals surface area contributed by atoms with Crippen molar-refractivity contribution in [1.29, 1.82) is 0 Å². The van der Waals surface area contributed by atoms with E-state index in [1.54, 1.807) is 4.90 Å². The zero-order chi connectivity index (χ0) is 15.9. The first kappa shape index (κ1) is 23.5. The third kappa shape index (κ3) is 15.6. The van der Waals surface area contributed by atoms with Gasteiger partial charge in [0, 0.05) is 19.7 Å². The Morgan fingerprint density at radius 1 is 1.23 bits per heavy atom. The molecule has 0 aliphatic carbocycles. The Balaban J connectivity index is 0. The van der Waals surface area contributed by atoms with Crippen LogP contribution in [0.3, 0.4) is 0 Å². The third-order valence-electron chi connectivity index (χ3n) is 2.97. The molecule has 0 aromatic heterocycles. The molecular weight excluding hydrogens is 279 g/mol. The van der Waals surface area contributed by atoms with Gasteiger partial charge in [0.25, 0.3) is 0 Å². The predicted molar refractivity (Wildman–Crippen MR) is 81.1 cm³/mol. The minimum absolute atomic E-state index is 0. The van der Waals surface area contributed by atoms with Crippen LogP contribution in [0, 0.1) is 0 Å². The summed E-state index contributed by atoms with van der Waals surface area (Å²) in [4.78, 5) is 16.3. The Morgan fingerprint density at radius 2 is 1.95 bits per heavy atom. The summed E-state index contributed by atoms with van der Waals surface area (Å²) in [5.41, 5.74) is 0. The first-order valence-electron chi connectivity index (χ1n) is 7.46. The number of carboxylic acid groups (broad SMARTS) is 1. The van der Waals surface area contributed by atoms with Crippen molar-refractivity contribution in [1.82, 2.24) is 4.90 Å². The first-order chi connectivity index (χ1) is 10.1. The molecule has 6 nitrogen and oxygen atoms in total. The number of rotatable bonds is 13. The van der Waals surface area contributed by atoms with Gasteiger partial charge in [0.05, 0.1) is 13.1 Å². The van der Waals surface area contributed by atoms with Crippen molar-refractivity contribution in [2.24, 2.45) is 4.99 Å². The molecule has 7 heteroatoms. The van der Waals surface area contributed by atoms with Crippen molar-refractivity contribution in [3.05, 3.63) is 12.2 Å². The molecule has 0 radical (unpaired) electrons. The van der Waals surface area contributed by atoms with E-state index < -0.39 is 5.97 Å². The van der Waals surface area contributed by atoms with Crippen molar-refractivity contribution < 1.29 is 39.0 Å². The Hall–Kier alpha value is -0.803. The fraction of sp³-hybridized carbons (Fsp3) is 0.733. The number of aliphatic hydroxyl groups excluding tert-OH is 1. The Kier molecular flexibility index (Phi) is 17.7. The SMILES string of the molecule is C/C=C/CCCCC([O-])=NCN(CCCO)CCC(=O)O.[Li+]. The second-order valence-corrected chi connectivity index (χ2v) is 4.85. The average Bonchev–Trinajstić information content (AvgIpc) is 2.46. The molecule has 0 aliphatic rings. The van der Waals surface area contributed by atoms with Crippen molar-refractivity contribution in [3.63, 3.8) is 0 Å². The second kappa shape index (κ2) is 16.6. The number of nitrogens with zero attached hydrogens (tertiary/aromatic N) is 2. The quantitative estimate of drug-likeness (QED) is 0.135. The van der Waals surface area contributed by atoms with E-state index in [0.717, 1.165) is 19.3 Å². The molecule has 22 heavy (non-hydrogen) atoms. The number of hydrogen-bond donors (Lipinski definition) is 2. The number of aliphatic hydroxyl groups is 1. The van der Waals surface area contributed by atoms with Crippen LogP contribution in [0.1, 0.15) is 45.4 Å². The van der Waals surface area contributed by atoms with Gasteiger partial charge in [-0.05, 0) is 44.9 Å². The average molecular weight is 306 g/mol. The Morgan fingerprint density at radius 3 is 2.55 bits per heavy atom. The van der Waals surface area contributed by atoms with Crippen LogP contribution in [-0.2, 0) is 4.79 Å². The monoisotopic (exact) mass is 306 g/mol. The summed E-state index contributed by atoms with van der Waals surface area (Å²) in [6.45, 7) is 3.11. The zero-order valence-corrected chi connectivity index (χ0v) is 13.8. The maximum Gasteiger partial charge on any atom is 1.00 e. The number of carboxylic acids is 1. The van der Waals surface area contributed by atoms with Gasteiger partial charge in [-0.15, -0.1) is 0 Å². The smallest absolute Gasteiger partial charge is 0.862 e. The summed E-state index contributed by atoms with van der Waals surface area (Å²) in [6.07, 6.45) is 7.83. The van der Waals surface area contributed by atoms with Crippen LogP contribution in [-0.4, -0.2) is 53.3 Å². The molecule has 0 rings (SSSR count). The molecule has 0 fully saturated rings. The van der Waals surface area contributed by atoms with E-state index in [1.165, 1.54) is 0 Å². The topological polar surface area (TPSA) is 96.2 Å². The second-order valence-electron chi connectivity index (χ2n) is 4.85. The summed E-state index contributed by atoms with van der Waals surface area (Å²) >= 11 is 0. The Bertz CT molecular complexity index is 336. The molecule has 2 N–H and O–H groups in total. The molecule has 0 aliphatic heterocycles. The number of aliphatic imine (C=N–C) groups is 1. The minimum atomic E-state index is -0.876. The van der Waals surface area contributed by atoms with Gasteiger partial charge in [-0.2, -0.15) is 0 Å². The number of allylic oxidation sites excluding steroid dienone is 2. The van der Waals surface area contributed by atoms with Crippen LogP contribution in [0.5, 0.6) is 0 Å². The third-order valence-corrected chi connectivity index (χ3v) is 2.97. The molecule has 0 atom stereocenters. The molecule has 0 heterocycles. The maximum atomic E-state index is 11.6. The van der Waals surface area contributed by atoms with Crippen molar-refractivity contribution in [2.75, 3.05) is 26.4 Å². The van der Waals surface area contributed by atoms with Crippen LogP contribution in [0.15, 0.2) is 17.1 Å². The summed E-state index contributed by atoms with van der Waals surface area (Å²) in [5.74, 6) is -1.01. The molecule has 0 bridgehead atoms. The fourth-order valence-electron chi connectivity index (χ4n) is 1.76. The van der Waals surface area contributed by atoms with Gasteiger partial charge in [0.15, 0.2) is 0 Å². The number of unbranched alkanes of at least 4 members (excludes halogenated alkanes) is 2. The summed E-state index contributed by atoms with van der Waals surface area (Å²) < 4.78 is 0. The molecule has 0 aromatic rings. The van der Waals surface area contributed by atoms with E-state index >= 15 is 0 Å². The number of aliphatic carboxylic acids is 1. The molecule has 0 spiro atoms. The maximum absolute atomic E-state index is 11.6. The number of carbonyl (C=O) groups is 1. The molecule has 0 saturated carbocycles. The van der Waals surface area contributed by atoms with Crippen LogP contribution in [0.2, 0.25) is 0 Å². The number of hydrogen-bond acceptors (Lipinski definition) is 5. The Labute approximate surface area is 145 Å². The zero-order valence-electron chi connectivity index (χ0n) is 13.8. The standard InChI is InChI=1S/C15H28N2O4.Li/c1-2-3-4-5-6-8-14(19)16-13-17(10-7-12-18)11-9-15(20)21;/h2-3,18H,4-13H2,1H3,(H,16,19)(H,20,21);/q;+1/p-1/b3-2+;. The van der Waals surface area contributed by atoms with Crippen molar-refractivity contribution in [2.45, 2.75) is 45.4 Å². The molecule has 122 valence electrons. The van der Waals surface area contributed by atoms with Crippen LogP contribution in [0.4, 0.5) is 0 Å². The molecule has 0 amide bonds.